The van der Waals surface area contributed by atoms with Gasteiger partial charge in [-0.1, -0.05) is 0 Å². The SMILES string of the molecule is CC(C)N1CCCC(N)(CCO)CC1. The molecule has 0 aliphatic carbocycles. The summed E-state index contributed by atoms with van der Waals surface area (Å²) in [5.41, 5.74) is 6.13. The Kier molecular flexibility index (Phi) is 4.35. The molecule has 1 saturated heterocycles. The first-order chi connectivity index (χ1) is 6.57. The summed E-state index contributed by atoms with van der Waals surface area (Å²) in [6.07, 6.45) is 3.98. The molecule has 0 aromatic carbocycles. The Morgan fingerprint density at radius 1 is 1.36 bits per heavy atom. The number of likely N-dealkylation sites (tertiary alicyclic amines) is 1. The van der Waals surface area contributed by atoms with Crippen molar-refractivity contribution in [1.82, 2.24) is 4.90 Å². The molecule has 0 amide bonds. The van der Waals surface area contributed by atoms with Crippen molar-refractivity contribution >= 4 is 0 Å². The highest BCUT2D eigenvalue weighted by molar-refractivity contribution is 4.88. The molecule has 3 nitrogen and oxygen atoms in total. The predicted molar refractivity (Wildman–Crippen MR) is 59.2 cm³/mol. The van der Waals surface area contributed by atoms with Crippen molar-refractivity contribution in [3.63, 3.8) is 0 Å². The van der Waals surface area contributed by atoms with Crippen LogP contribution in [0.25, 0.3) is 0 Å². The van der Waals surface area contributed by atoms with E-state index in [2.05, 4.69) is 18.7 Å². The van der Waals surface area contributed by atoms with Gasteiger partial charge in [-0.25, -0.2) is 0 Å². The lowest BCUT2D eigenvalue weighted by Gasteiger charge is -2.28. The Bertz CT molecular complexity index is 173. The van der Waals surface area contributed by atoms with Crippen LogP contribution in [0.15, 0.2) is 0 Å². The quantitative estimate of drug-likeness (QED) is 0.713. The third-order valence-electron chi connectivity index (χ3n) is 3.36. The van der Waals surface area contributed by atoms with E-state index in [9.17, 15) is 0 Å². The summed E-state index contributed by atoms with van der Waals surface area (Å²) >= 11 is 0. The molecule has 0 radical (unpaired) electrons. The van der Waals surface area contributed by atoms with Gasteiger partial charge in [0.2, 0.25) is 0 Å². The first kappa shape index (κ1) is 12.0. The zero-order valence-electron chi connectivity index (χ0n) is 9.50. The minimum absolute atomic E-state index is 0.113. The second-order valence-corrected chi connectivity index (χ2v) is 4.82. The van der Waals surface area contributed by atoms with Crippen molar-refractivity contribution in [3.05, 3.63) is 0 Å². The molecule has 1 atom stereocenters. The van der Waals surface area contributed by atoms with E-state index in [0.717, 1.165) is 38.8 Å². The molecular weight excluding hydrogens is 176 g/mol. The molecule has 1 heterocycles. The Hall–Kier alpha value is -0.120. The average molecular weight is 200 g/mol. The molecule has 0 aromatic rings. The molecule has 1 unspecified atom stereocenters. The highest BCUT2D eigenvalue weighted by Crippen LogP contribution is 2.23. The number of hydrogen-bond donors (Lipinski definition) is 2. The van der Waals surface area contributed by atoms with Crippen LogP contribution in [0.5, 0.6) is 0 Å². The number of hydrogen-bond acceptors (Lipinski definition) is 3. The second-order valence-electron chi connectivity index (χ2n) is 4.82. The summed E-state index contributed by atoms with van der Waals surface area (Å²) in [6.45, 7) is 6.92. The van der Waals surface area contributed by atoms with E-state index < -0.39 is 0 Å². The monoisotopic (exact) mass is 200 g/mol. The van der Waals surface area contributed by atoms with Crippen molar-refractivity contribution in [2.24, 2.45) is 5.73 Å². The number of aliphatic hydroxyl groups is 1. The van der Waals surface area contributed by atoms with E-state index in [-0.39, 0.29) is 12.1 Å². The van der Waals surface area contributed by atoms with Gasteiger partial charge in [-0.3, -0.25) is 0 Å². The van der Waals surface area contributed by atoms with Crippen molar-refractivity contribution in [2.75, 3.05) is 19.7 Å². The molecule has 0 spiro atoms. The first-order valence-corrected chi connectivity index (χ1v) is 5.71. The number of rotatable bonds is 3. The summed E-state index contributed by atoms with van der Waals surface area (Å²) < 4.78 is 0. The number of nitrogens with zero attached hydrogens (tertiary/aromatic N) is 1. The molecule has 0 bridgehead atoms. The van der Waals surface area contributed by atoms with Crippen LogP contribution < -0.4 is 5.73 Å². The molecule has 1 aliphatic heterocycles. The molecule has 14 heavy (non-hydrogen) atoms. The van der Waals surface area contributed by atoms with Crippen LogP contribution in [-0.4, -0.2) is 41.3 Å². The van der Waals surface area contributed by atoms with Crippen LogP contribution in [0.4, 0.5) is 0 Å². The molecule has 1 rings (SSSR count). The van der Waals surface area contributed by atoms with Crippen molar-refractivity contribution in [3.8, 4) is 0 Å². The maximum Gasteiger partial charge on any atom is 0.0448 e. The van der Waals surface area contributed by atoms with E-state index >= 15 is 0 Å². The highest BCUT2D eigenvalue weighted by atomic mass is 16.3. The third-order valence-corrected chi connectivity index (χ3v) is 3.36. The fraction of sp³-hybridized carbons (Fsp3) is 1.00. The van der Waals surface area contributed by atoms with Crippen LogP contribution in [0.2, 0.25) is 0 Å². The fourth-order valence-corrected chi connectivity index (χ4v) is 2.23. The second kappa shape index (κ2) is 5.10. The molecular formula is C11H24N2O. The van der Waals surface area contributed by atoms with Gasteiger partial charge in [0.25, 0.3) is 0 Å². The zero-order chi connectivity index (χ0) is 10.6. The lowest BCUT2D eigenvalue weighted by Crippen LogP contribution is -2.42. The van der Waals surface area contributed by atoms with Crippen molar-refractivity contribution in [1.29, 1.82) is 0 Å². The van der Waals surface area contributed by atoms with Crippen molar-refractivity contribution < 1.29 is 5.11 Å². The van der Waals surface area contributed by atoms with Gasteiger partial charge in [-0.15, -0.1) is 0 Å². The first-order valence-electron chi connectivity index (χ1n) is 5.71. The third kappa shape index (κ3) is 3.23. The van der Waals surface area contributed by atoms with Crippen LogP contribution in [0.3, 0.4) is 0 Å². The Morgan fingerprint density at radius 2 is 2.07 bits per heavy atom. The van der Waals surface area contributed by atoms with Gasteiger partial charge in [-0.2, -0.15) is 0 Å². The van der Waals surface area contributed by atoms with Crippen LogP contribution in [0.1, 0.15) is 39.5 Å². The van der Waals surface area contributed by atoms with Gasteiger partial charge < -0.3 is 15.7 Å². The lowest BCUT2D eigenvalue weighted by atomic mass is 9.89. The zero-order valence-corrected chi connectivity index (χ0v) is 9.50. The maximum atomic E-state index is 8.96. The Labute approximate surface area is 87.3 Å². The number of aliphatic hydroxyl groups excluding tert-OH is 1. The normalized spacial score (nSPS) is 30.6. The van der Waals surface area contributed by atoms with Gasteiger partial charge in [0.15, 0.2) is 0 Å². The molecule has 0 saturated carbocycles. The molecule has 0 aromatic heterocycles. The largest absolute Gasteiger partial charge is 0.396 e. The summed E-state index contributed by atoms with van der Waals surface area (Å²) in [6, 6.07) is 0.617. The van der Waals surface area contributed by atoms with E-state index in [0.29, 0.717) is 6.04 Å². The van der Waals surface area contributed by atoms with E-state index in [1.54, 1.807) is 0 Å². The standard InChI is InChI=1S/C11H24N2O/c1-10(2)13-7-3-4-11(12,5-8-13)6-9-14/h10,14H,3-9,12H2,1-2H3. The lowest BCUT2D eigenvalue weighted by molar-refractivity contribution is 0.206. The minimum atomic E-state index is -0.113. The van der Waals surface area contributed by atoms with Crippen LogP contribution >= 0.6 is 0 Å². The molecule has 1 aliphatic rings. The van der Waals surface area contributed by atoms with Crippen molar-refractivity contribution in [2.45, 2.75) is 51.1 Å². The van der Waals surface area contributed by atoms with Gasteiger partial charge >= 0.3 is 0 Å². The fourth-order valence-electron chi connectivity index (χ4n) is 2.23. The smallest absolute Gasteiger partial charge is 0.0448 e. The van der Waals surface area contributed by atoms with Crippen LogP contribution in [0, 0.1) is 0 Å². The minimum Gasteiger partial charge on any atom is -0.396 e. The Morgan fingerprint density at radius 3 is 2.64 bits per heavy atom. The summed E-state index contributed by atoms with van der Waals surface area (Å²) in [5.74, 6) is 0. The van der Waals surface area contributed by atoms with Gasteiger partial charge in [0, 0.05) is 24.7 Å². The Balaban J connectivity index is 2.47. The van der Waals surface area contributed by atoms with Gasteiger partial charge in [0.1, 0.15) is 0 Å². The highest BCUT2D eigenvalue weighted by Gasteiger charge is 2.28. The number of nitrogens with two attached hydrogens (primary N) is 1. The molecule has 3 heteroatoms. The molecule has 1 fully saturated rings. The van der Waals surface area contributed by atoms with E-state index in [1.807, 2.05) is 0 Å². The van der Waals surface area contributed by atoms with Gasteiger partial charge in [-0.05, 0) is 46.1 Å². The van der Waals surface area contributed by atoms with E-state index in [1.165, 1.54) is 0 Å². The van der Waals surface area contributed by atoms with Crippen LogP contribution in [-0.2, 0) is 0 Å². The van der Waals surface area contributed by atoms with Gasteiger partial charge in [0.05, 0.1) is 0 Å². The van der Waals surface area contributed by atoms with E-state index in [4.69, 9.17) is 10.8 Å². The summed E-state index contributed by atoms with van der Waals surface area (Å²) in [5, 5.41) is 8.96. The molecule has 84 valence electrons. The topological polar surface area (TPSA) is 49.5 Å². The maximum absolute atomic E-state index is 8.96. The summed E-state index contributed by atoms with van der Waals surface area (Å²) in [4.78, 5) is 2.48. The average Bonchev–Trinajstić information content (AvgIpc) is 2.28. The summed E-state index contributed by atoms with van der Waals surface area (Å²) in [7, 11) is 0. The predicted octanol–water partition coefficient (Wildman–Crippen LogP) is 0.961. The molecule has 3 N–H and O–H groups in total.